The van der Waals surface area contributed by atoms with E-state index in [1.165, 1.54) is 5.56 Å². The quantitative estimate of drug-likeness (QED) is 0.728. The largest absolute Gasteiger partial charge is 0.328 e. The number of hydrogen-bond acceptors (Lipinski definition) is 2. The number of nitriles is 1. The van der Waals surface area contributed by atoms with Crippen molar-refractivity contribution in [3.63, 3.8) is 0 Å². The number of fused-ring (bicyclic) bond motifs is 1. The summed E-state index contributed by atoms with van der Waals surface area (Å²) < 4.78 is 2.24. The highest BCUT2D eigenvalue weighted by Crippen LogP contribution is 2.19. The van der Waals surface area contributed by atoms with Crippen LogP contribution >= 0.6 is 0 Å². The van der Waals surface area contributed by atoms with Crippen LogP contribution in [-0.4, -0.2) is 9.55 Å². The van der Waals surface area contributed by atoms with E-state index in [4.69, 9.17) is 10.2 Å². The van der Waals surface area contributed by atoms with E-state index >= 15 is 0 Å². The first-order valence-corrected chi connectivity index (χ1v) is 7.25. The molecule has 21 heavy (non-hydrogen) atoms. The molecule has 0 saturated heterocycles. The minimum Gasteiger partial charge on any atom is -0.328 e. The first-order valence-electron chi connectivity index (χ1n) is 7.25. The van der Waals surface area contributed by atoms with Gasteiger partial charge in [-0.1, -0.05) is 30.3 Å². The lowest BCUT2D eigenvalue weighted by molar-refractivity contribution is 0.707. The minimum absolute atomic E-state index is 0.665. The van der Waals surface area contributed by atoms with E-state index in [1.54, 1.807) is 0 Å². The highest BCUT2D eigenvalue weighted by Gasteiger charge is 2.10. The molecule has 0 aliphatic rings. The summed E-state index contributed by atoms with van der Waals surface area (Å²) in [7, 11) is 0. The summed E-state index contributed by atoms with van der Waals surface area (Å²) in [6.45, 7) is 3.03. The van der Waals surface area contributed by atoms with E-state index in [9.17, 15) is 0 Å². The molecule has 0 bridgehead atoms. The van der Waals surface area contributed by atoms with E-state index in [-0.39, 0.29) is 0 Å². The molecular formula is C18H17N3. The Balaban J connectivity index is 1.92. The smallest absolute Gasteiger partial charge is 0.110 e. The Morgan fingerprint density at radius 2 is 1.90 bits per heavy atom. The molecule has 2 aromatic carbocycles. The second-order valence-corrected chi connectivity index (χ2v) is 5.07. The molecule has 3 rings (SSSR count). The molecule has 104 valence electrons. The number of benzene rings is 2. The van der Waals surface area contributed by atoms with Gasteiger partial charge in [-0.25, -0.2) is 4.98 Å². The average molecular weight is 275 g/mol. The fourth-order valence-corrected chi connectivity index (χ4v) is 2.69. The molecular weight excluding hydrogens is 258 g/mol. The monoisotopic (exact) mass is 275 g/mol. The Hall–Kier alpha value is -2.60. The third-order valence-corrected chi connectivity index (χ3v) is 3.75. The zero-order chi connectivity index (χ0) is 14.7. The Morgan fingerprint density at radius 1 is 1.10 bits per heavy atom. The van der Waals surface area contributed by atoms with Crippen molar-refractivity contribution in [1.29, 1.82) is 5.26 Å². The van der Waals surface area contributed by atoms with Crippen LogP contribution in [0.5, 0.6) is 0 Å². The second-order valence-electron chi connectivity index (χ2n) is 5.07. The van der Waals surface area contributed by atoms with Crippen LogP contribution in [-0.2, 0) is 19.4 Å². The van der Waals surface area contributed by atoms with E-state index in [2.05, 4.69) is 41.8 Å². The van der Waals surface area contributed by atoms with Gasteiger partial charge < -0.3 is 4.57 Å². The van der Waals surface area contributed by atoms with Gasteiger partial charge in [-0.2, -0.15) is 5.26 Å². The first kappa shape index (κ1) is 13.4. The summed E-state index contributed by atoms with van der Waals surface area (Å²) in [5, 5.41) is 9.00. The second kappa shape index (κ2) is 5.80. The van der Waals surface area contributed by atoms with Crippen LogP contribution in [0.2, 0.25) is 0 Å². The normalized spacial score (nSPS) is 10.7. The summed E-state index contributed by atoms with van der Waals surface area (Å²) in [5.74, 6) is 1.09. The zero-order valence-electron chi connectivity index (χ0n) is 12.1. The van der Waals surface area contributed by atoms with Gasteiger partial charge in [0.15, 0.2) is 0 Å². The molecule has 3 nitrogen and oxygen atoms in total. The van der Waals surface area contributed by atoms with Gasteiger partial charge in [-0.05, 0) is 37.1 Å². The lowest BCUT2D eigenvalue weighted by Crippen LogP contribution is -2.03. The van der Waals surface area contributed by atoms with Crippen LogP contribution in [0.25, 0.3) is 11.0 Å². The van der Waals surface area contributed by atoms with Crippen molar-refractivity contribution in [3.8, 4) is 6.07 Å². The van der Waals surface area contributed by atoms with E-state index in [0.29, 0.717) is 5.56 Å². The summed E-state index contributed by atoms with van der Waals surface area (Å²) in [6.07, 6.45) is 1.89. The number of rotatable bonds is 4. The van der Waals surface area contributed by atoms with Gasteiger partial charge in [0.2, 0.25) is 0 Å². The van der Waals surface area contributed by atoms with Gasteiger partial charge in [0.25, 0.3) is 0 Å². The summed E-state index contributed by atoms with van der Waals surface area (Å²) in [6, 6.07) is 18.4. The molecule has 0 N–H and O–H groups in total. The van der Waals surface area contributed by atoms with Gasteiger partial charge in [-0.3, -0.25) is 0 Å². The van der Waals surface area contributed by atoms with E-state index in [1.807, 2.05) is 24.3 Å². The fraction of sp³-hybridized carbons (Fsp3) is 0.222. The molecule has 0 saturated carbocycles. The van der Waals surface area contributed by atoms with E-state index < -0.39 is 0 Å². The molecule has 0 atom stereocenters. The Bertz CT molecular complexity index is 794. The van der Waals surface area contributed by atoms with Gasteiger partial charge in [0.05, 0.1) is 22.7 Å². The van der Waals surface area contributed by atoms with Crippen molar-refractivity contribution in [2.75, 3.05) is 0 Å². The highest BCUT2D eigenvalue weighted by atomic mass is 15.1. The molecule has 0 radical (unpaired) electrons. The van der Waals surface area contributed by atoms with Crippen LogP contribution in [0, 0.1) is 11.3 Å². The van der Waals surface area contributed by atoms with Crippen molar-refractivity contribution < 1.29 is 0 Å². The maximum Gasteiger partial charge on any atom is 0.110 e. The lowest BCUT2D eigenvalue weighted by atomic mass is 10.1. The maximum absolute atomic E-state index is 9.00. The number of hydrogen-bond donors (Lipinski definition) is 0. The fourth-order valence-electron chi connectivity index (χ4n) is 2.69. The summed E-state index contributed by atoms with van der Waals surface area (Å²) in [4.78, 5) is 4.72. The Morgan fingerprint density at radius 3 is 2.62 bits per heavy atom. The minimum atomic E-state index is 0.665. The van der Waals surface area contributed by atoms with Gasteiger partial charge >= 0.3 is 0 Å². The lowest BCUT2D eigenvalue weighted by Gasteiger charge is -2.06. The molecule has 0 spiro atoms. The van der Waals surface area contributed by atoms with Crippen LogP contribution in [0.3, 0.4) is 0 Å². The number of aryl methyl sites for hydroxylation is 3. The SMILES string of the molecule is CCn1c(CCc2ccccc2)nc2cc(C#N)ccc21. The van der Waals surface area contributed by atoms with Crippen molar-refractivity contribution in [2.24, 2.45) is 0 Å². The molecule has 1 heterocycles. The average Bonchev–Trinajstić information content (AvgIpc) is 2.90. The third-order valence-electron chi connectivity index (χ3n) is 3.75. The summed E-state index contributed by atoms with van der Waals surface area (Å²) in [5.41, 5.74) is 4.02. The molecule has 1 aromatic heterocycles. The number of imidazole rings is 1. The molecule has 3 aromatic rings. The van der Waals surface area contributed by atoms with Crippen molar-refractivity contribution in [1.82, 2.24) is 9.55 Å². The van der Waals surface area contributed by atoms with Crippen molar-refractivity contribution in [2.45, 2.75) is 26.3 Å². The standard InChI is InChI=1S/C18H17N3/c1-2-21-17-10-8-15(13-19)12-16(17)20-18(21)11-9-14-6-4-3-5-7-14/h3-8,10,12H,2,9,11H2,1H3. The van der Waals surface area contributed by atoms with E-state index in [0.717, 1.165) is 36.2 Å². The third kappa shape index (κ3) is 2.66. The number of nitrogens with zero attached hydrogens (tertiary/aromatic N) is 3. The van der Waals surface area contributed by atoms with Crippen molar-refractivity contribution >= 4 is 11.0 Å². The molecule has 0 fully saturated rings. The Kier molecular flexibility index (Phi) is 3.70. The predicted octanol–water partition coefficient (Wildman–Crippen LogP) is 3.71. The van der Waals surface area contributed by atoms with Crippen LogP contribution in [0.1, 0.15) is 23.9 Å². The molecule has 0 unspecified atom stereocenters. The van der Waals surface area contributed by atoms with Crippen LogP contribution in [0.4, 0.5) is 0 Å². The van der Waals surface area contributed by atoms with Crippen molar-refractivity contribution in [3.05, 3.63) is 65.5 Å². The zero-order valence-corrected chi connectivity index (χ0v) is 12.1. The predicted molar refractivity (Wildman–Crippen MR) is 84.0 cm³/mol. The number of aromatic nitrogens is 2. The molecule has 0 amide bonds. The van der Waals surface area contributed by atoms with Gasteiger partial charge in [-0.15, -0.1) is 0 Å². The first-order chi connectivity index (χ1) is 10.3. The van der Waals surface area contributed by atoms with Crippen LogP contribution < -0.4 is 0 Å². The van der Waals surface area contributed by atoms with Gasteiger partial charge in [0.1, 0.15) is 5.82 Å². The maximum atomic E-state index is 9.00. The highest BCUT2D eigenvalue weighted by molar-refractivity contribution is 5.77. The van der Waals surface area contributed by atoms with Crippen LogP contribution in [0.15, 0.2) is 48.5 Å². The summed E-state index contributed by atoms with van der Waals surface area (Å²) >= 11 is 0. The van der Waals surface area contributed by atoms with Gasteiger partial charge in [0, 0.05) is 13.0 Å². The molecule has 0 aliphatic heterocycles. The topological polar surface area (TPSA) is 41.6 Å². The molecule has 3 heteroatoms. The molecule has 0 aliphatic carbocycles. The Labute approximate surface area is 124 Å².